The van der Waals surface area contributed by atoms with E-state index in [4.69, 9.17) is 14.0 Å². The lowest BCUT2D eigenvalue weighted by Crippen LogP contribution is -2.25. The summed E-state index contributed by atoms with van der Waals surface area (Å²) in [5.41, 5.74) is 1.65. The van der Waals surface area contributed by atoms with Crippen LogP contribution < -0.4 is 13.8 Å². The Balaban J connectivity index is 1.40. The second-order valence-electron chi connectivity index (χ2n) is 6.91. The zero-order chi connectivity index (χ0) is 22.1. The van der Waals surface area contributed by atoms with Gasteiger partial charge in [0, 0.05) is 57.2 Å². The number of alkyl halides is 1. The van der Waals surface area contributed by atoms with Crippen LogP contribution in [0.15, 0.2) is 47.2 Å². The Morgan fingerprint density at radius 1 is 1.13 bits per heavy atom. The molecular weight excluding hydrogens is 419 g/mol. The molecular formula is C22H29FN4O3S. The van der Waals surface area contributed by atoms with E-state index < -0.39 is 6.17 Å². The van der Waals surface area contributed by atoms with Crippen molar-refractivity contribution in [2.24, 2.45) is 0 Å². The number of pyridine rings is 1. The molecule has 1 aromatic carbocycles. The average Bonchev–Trinajstić information content (AvgIpc) is 3.19. The van der Waals surface area contributed by atoms with E-state index in [0.717, 1.165) is 17.6 Å². The highest BCUT2D eigenvalue weighted by atomic mass is 32.2. The second kappa shape index (κ2) is 11.8. The molecule has 0 amide bonds. The molecule has 0 N–H and O–H groups in total. The van der Waals surface area contributed by atoms with Gasteiger partial charge in [0.15, 0.2) is 5.58 Å². The van der Waals surface area contributed by atoms with E-state index in [0.29, 0.717) is 49.8 Å². The summed E-state index contributed by atoms with van der Waals surface area (Å²) in [5.74, 6) is 1.10. The van der Waals surface area contributed by atoms with Crippen molar-refractivity contribution in [1.82, 2.24) is 14.4 Å². The van der Waals surface area contributed by atoms with E-state index in [2.05, 4.69) is 25.7 Å². The zero-order valence-corrected chi connectivity index (χ0v) is 19.0. The number of nitrogens with zero attached hydrogens (tertiary/aromatic N) is 4. The van der Waals surface area contributed by atoms with Crippen LogP contribution in [-0.4, -0.2) is 54.0 Å². The quantitative estimate of drug-likeness (QED) is 0.333. The number of aromatic nitrogens is 2. The average molecular weight is 449 g/mol. The van der Waals surface area contributed by atoms with Crippen molar-refractivity contribution in [2.75, 3.05) is 37.7 Å². The summed E-state index contributed by atoms with van der Waals surface area (Å²) in [6.07, 6.45) is 3.38. The minimum atomic E-state index is -0.931. The van der Waals surface area contributed by atoms with Crippen LogP contribution in [0.5, 0.6) is 11.6 Å². The van der Waals surface area contributed by atoms with Gasteiger partial charge in [0.1, 0.15) is 11.9 Å². The van der Waals surface area contributed by atoms with Gasteiger partial charge in [0.05, 0.1) is 24.3 Å². The third-order valence-electron chi connectivity index (χ3n) is 4.70. The Kier molecular flexibility index (Phi) is 8.78. The standard InChI is InChI=1S/C22H29FN4O3S/c1-4-27(31-26(3)18-8-12-24-13-9-18)14-10-17(23)11-15-29-19-6-7-20-21(16-19)30-25-22(20)28-5-2/h6-9,12-13,16-17H,4-5,10-11,14-15H2,1-3H3. The molecule has 0 aliphatic carbocycles. The second-order valence-corrected chi connectivity index (χ2v) is 8.14. The summed E-state index contributed by atoms with van der Waals surface area (Å²) < 4.78 is 35.0. The summed E-state index contributed by atoms with van der Waals surface area (Å²) >= 11 is 1.58. The van der Waals surface area contributed by atoms with E-state index in [1.807, 2.05) is 38.2 Å². The summed E-state index contributed by atoms with van der Waals surface area (Å²) in [7, 11) is 1.99. The van der Waals surface area contributed by atoms with E-state index >= 15 is 0 Å². The number of halogens is 1. The van der Waals surface area contributed by atoms with Crippen molar-refractivity contribution >= 4 is 28.8 Å². The van der Waals surface area contributed by atoms with Gasteiger partial charge in [-0.15, -0.1) is 0 Å². The molecule has 2 heterocycles. The van der Waals surface area contributed by atoms with Crippen molar-refractivity contribution in [2.45, 2.75) is 32.9 Å². The maximum atomic E-state index is 14.4. The number of benzene rings is 1. The molecule has 2 aromatic heterocycles. The first-order valence-corrected chi connectivity index (χ1v) is 11.2. The molecule has 1 atom stereocenters. The molecule has 0 radical (unpaired) electrons. The Hall–Kier alpha value is -2.52. The molecule has 7 nitrogen and oxygen atoms in total. The molecule has 31 heavy (non-hydrogen) atoms. The first-order valence-electron chi connectivity index (χ1n) is 10.5. The molecule has 9 heteroatoms. The minimum absolute atomic E-state index is 0.301. The van der Waals surface area contributed by atoms with Gasteiger partial charge in [-0.3, -0.25) is 4.98 Å². The first kappa shape index (κ1) is 23.1. The Morgan fingerprint density at radius 3 is 2.68 bits per heavy atom. The van der Waals surface area contributed by atoms with Gasteiger partial charge in [-0.05, 0) is 42.8 Å². The van der Waals surface area contributed by atoms with Crippen LogP contribution in [0.1, 0.15) is 26.7 Å². The van der Waals surface area contributed by atoms with E-state index in [1.165, 1.54) is 0 Å². The number of anilines is 1. The number of rotatable bonds is 13. The zero-order valence-electron chi connectivity index (χ0n) is 18.2. The summed E-state index contributed by atoms with van der Waals surface area (Å²) in [6.45, 7) is 6.26. The predicted octanol–water partition coefficient (Wildman–Crippen LogP) is 5.14. The van der Waals surface area contributed by atoms with Gasteiger partial charge >= 0.3 is 0 Å². The van der Waals surface area contributed by atoms with E-state index in [-0.39, 0.29) is 0 Å². The molecule has 0 fully saturated rings. The van der Waals surface area contributed by atoms with Crippen LogP contribution in [0.25, 0.3) is 11.0 Å². The van der Waals surface area contributed by atoms with Crippen LogP contribution in [0.2, 0.25) is 0 Å². The SMILES string of the molecule is CCOc1noc2cc(OCCC(F)CCN(CC)SN(C)c3ccncc3)ccc12. The third kappa shape index (κ3) is 6.73. The largest absolute Gasteiger partial charge is 0.493 e. The van der Waals surface area contributed by atoms with E-state index in [9.17, 15) is 4.39 Å². The van der Waals surface area contributed by atoms with Gasteiger partial charge in [-0.1, -0.05) is 6.92 Å². The molecule has 0 spiro atoms. The molecule has 3 rings (SSSR count). The van der Waals surface area contributed by atoms with Gasteiger partial charge in [-0.2, -0.15) is 0 Å². The maximum Gasteiger partial charge on any atom is 0.262 e. The van der Waals surface area contributed by atoms with Crippen molar-refractivity contribution in [3.05, 3.63) is 42.7 Å². The molecule has 0 saturated heterocycles. The van der Waals surface area contributed by atoms with Gasteiger partial charge in [0.2, 0.25) is 0 Å². The topological polar surface area (TPSA) is 63.9 Å². The lowest BCUT2D eigenvalue weighted by molar-refractivity contribution is 0.218. The van der Waals surface area contributed by atoms with Crippen molar-refractivity contribution in [1.29, 1.82) is 0 Å². The third-order valence-corrected chi connectivity index (χ3v) is 5.83. The highest BCUT2D eigenvalue weighted by Gasteiger charge is 2.14. The molecule has 0 bridgehead atoms. The van der Waals surface area contributed by atoms with Crippen LogP contribution in [-0.2, 0) is 0 Å². The first-order chi connectivity index (χ1) is 15.1. The predicted molar refractivity (Wildman–Crippen MR) is 122 cm³/mol. The fraction of sp³-hybridized carbons (Fsp3) is 0.455. The van der Waals surface area contributed by atoms with E-state index in [1.54, 1.807) is 30.6 Å². The van der Waals surface area contributed by atoms with Crippen LogP contribution in [0.3, 0.4) is 0 Å². The lowest BCUT2D eigenvalue weighted by atomic mass is 10.2. The minimum Gasteiger partial charge on any atom is -0.493 e. The Labute approximate surface area is 186 Å². The van der Waals surface area contributed by atoms with Crippen LogP contribution in [0.4, 0.5) is 10.1 Å². The molecule has 0 saturated carbocycles. The molecule has 0 aliphatic heterocycles. The number of hydrogen-bond donors (Lipinski definition) is 0. The maximum absolute atomic E-state index is 14.4. The van der Waals surface area contributed by atoms with Crippen LogP contribution in [0, 0.1) is 0 Å². The fourth-order valence-electron chi connectivity index (χ4n) is 2.99. The number of fused-ring (bicyclic) bond motifs is 1. The molecule has 168 valence electrons. The Morgan fingerprint density at radius 2 is 1.94 bits per heavy atom. The number of ether oxygens (including phenoxy) is 2. The van der Waals surface area contributed by atoms with Crippen molar-refractivity contribution in [3.63, 3.8) is 0 Å². The summed E-state index contributed by atoms with van der Waals surface area (Å²) in [5, 5.41) is 4.69. The number of hydrogen-bond acceptors (Lipinski definition) is 8. The van der Waals surface area contributed by atoms with Gasteiger partial charge < -0.3 is 18.3 Å². The smallest absolute Gasteiger partial charge is 0.262 e. The van der Waals surface area contributed by atoms with Crippen molar-refractivity contribution < 1.29 is 18.4 Å². The fourth-order valence-corrected chi connectivity index (χ4v) is 3.85. The highest BCUT2D eigenvalue weighted by molar-refractivity contribution is 7.98. The normalized spacial score (nSPS) is 12.3. The lowest BCUT2D eigenvalue weighted by Gasteiger charge is -2.26. The molecule has 1 unspecified atom stereocenters. The molecule has 0 aliphatic rings. The van der Waals surface area contributed by atoms with Gasteiger partial charge in [-0.25, -0.2) is 8.70 Å². The van der Waals surface area contributed by atoms with Crippen molar-refractivity contribution in [3.8, 4) is 11.6 Å². The monoisotopic (exact) mass is 448 g/mol. The Bertz CT molecular complexity index is 928. The highest BCUT2D eigenvalue weighted by Crippen LogP contribution is 2.28. The van der Waals surface area contributed by atoms with Crippen LogP contribution >= 0.6 is 12.1 Å². The summed E-state index contributed by atoms with van der Waals surface area (Å²) in [4.78, 5) is 4.04. The summed E-state index contributed by atoms with van der Waals surface area (Å²) in [6, 6.07) is 9.31. The van der Waals surface area contributed by atoms with Gasteiger partial charge in [0.25, 0.3) is 5.88 Å². The molecule has 3 aromatic rings.